The molecule has 5 nitrogen and oxygen atoms in total. The third kappa shape index (κ3) is 8.01. The second-order valence-electron chi connectivity index (χ2n) is 6.95. The summed E-state index contributed by atoms with van der Waals surface area (Å²) in [5.74, 6) is 2.29. The molecule has 0 amide bonds. The van der Waals surface area contributed by atoms with E-state index in [4.69, 9.17) is 4.74 Å². The van der Waals surface area contributed by atoms with Crippen molar-refractivity contribution >= 4 is 17.3 Å². The van der Waals surface area contributed by atoms with Crippen LogP contribution in [0, 0.1) is 5.92 Å². The van der Waals surface area contributed by atoms with E-state index >= 15 is 0 Å². The maximum atomic E-state index is 5.93. The van der Waals surface area contributed by atoms with Gasteiger partial charge in [0.25, 0.3) is 0 Å². The minimum absolute atomic E-state index is 0.545. The highest BCUT2D eigenvalue weighted by Crippen LogP contribution is 2.17. The molecule has 0 bridgehead atoms. The van der Waals surface area contributed by atoms with Crippen LogP contribution in [0.15, 0.2) is 46.8 Å². The fourth-order valence-corrected chi connectivity index (χ4v) is 3.51. The van der Waals surface area contributed by atoms with Crippen LogP contribution in [0.3, 0.4) is 0 Å². The van der Waals surface area contributed by atoms with Crippen LogP contribution in [0.5, 0.6) is 5.75 Å². The van der Waals surface area contributed by atoms with E-state index in [0.29, 0.717) is 19.1 Å². The molecular weight excluding hydrogens is 356 g/mol. The van der Waals surface area contributed by atoms with E-state index in [-0.39, 0.29) is 0 Å². The molecule has 148 valence electrons. The van der Waals surface area contributed by atoms with Gasteiger partial charge in [0.15, 0.2) is 5.96 Å². The number of rotatable bonds is 10. The third-order valence-electron chi connectivity index (χ3n) is 4.19. The monoisotopic (exact) mass is 388 g/mol. The number of hydrogen-bond donors (Lipinski definition) is 2. The second kappa shape index (κ2) is 11.6. The topological polar surface area (TPSA) is 48.9 Å². The van der Waals surface area contributed by atoms with Crippen LogP contribution in [0.2, 0.25) is 0 Å². The first-order valence-electron chi connectivity index (χ1n) is 9.40. The number of hydrogen-bond acceptors (Lipinski definition) is 4. The maximum absolute atomic E-state index is 5.93. The number of guanidine groups is 1. The summed E-state index contributed by atoms with van der Waals surface area (Å²) in [6, 6.07) is 12.5. The zero-order valence-corrected chi connectivity index (χ0v) is 17.7. The van der Waals surface area contributed by atoms with Gasteiger partial charge in [-0.25, -0.2) is 0 Å². The minimum atomic E-state index is 0.545. The van der Waals surface area contributed by atoms with Gasteiger partial charge < -0.3 is 20.3 Å². The lowest BCUT2D eigenvalue weighted by molar-refractivity contribution is 0.259. The normalized spacial score (nSPS) is 12.9. The summed E-state index contributed by atoms with van der Waals surface area (Å²) < 4.78 is 5.93. The summed E-state index contributed by atoms with van der Waals surface area (Å²) in [7, 11) is 5.90. The first-order valence-corrected chi connectivity index (χ1v) is 10.3. The third-order valence-corrected chi connectivity index (χ3v) is 5.08. The highest BCUT2D eigenvalue weighted by Gasteiger charge is 2.08. The molecule has 0 saturated carbocycles. The Bertz CT molecular complexity index is 685. The molecule has 0 aliphatic carbocycles. The molecular formula is C21H32N4OS. The minimum Gasteiger partial charge on any atom is -0.492 e. The predicted octanol–water partition coefficient (Wildman–Crippen LogP) is 3.23. The zero-order valence-electron chi connectivity index (χ0n) is 16.9. The highest BCUT2D eigenvalue weighted by atomic mass is 32.1. The van der Waals surface area contributed by atoms with Gasteiger partial charge in [0.1, 0.15) is 12.4 Å². The Balaban J connectivity index is 1.79. The van der Waals surface area contributed by atoms with E-state index in [1.165, 1.54) is 4.88 Å². The van der Waals surface area contributed by atoms with E-state index in [1.54, 1.807) is 7.05 Å². The molecule has 2 aromatic rings. The molecule has 0 aliphatic rings. The summed E-state index contributed by atoms with van der Waals surface area (Å²) in [6.45, 7) is 5.40. The Morgan fingerprint density at radius 1 is 1.19 bits per heavy atom. The molecule has 2 rings (SSSR count). The van der Waals surface area contributed by atoms with Crippen molar-refractivity contribution < 1.29 is 4.74 Å². The van der Waals surface area contributed by atoms with Crippen molar-refractivity contribution in [1.82, 2.24) is 15.5 Å². The molecule has 1 atom stereocenters. The summed E-state index contributed by atoms with van der Waals surface area (Å²) in [4.78, 5) is 7.88. The number of aliphatic imine (C=N–C) groups is 1. The Hall–Kier alpha value is -2.05. The van der Waals surface area contributed by atoms with Crippen molar-refractivity contribution in [2.75, 3.05) is 40.8 Å². The van der Waals surface area contributed by atoms with Crippen LogP contribution >= 0.6 is 11.3 Å². The number of ether oxygens (including phenoxy) is 1. The van der Waals surface area contributed by atoms with Gasteiger partial charge in [0.05, 0.1) is 0 Å². The van der Waals surface area contributed by atoms with Gasteiger partial charge in [-0.2, -0.15) is 0 Å². The number of benzene rings is 1. The quantitative estimate of drug-likeness (QED) is 0.485. The van der Waals surface area contributed by atoms with Crippen molar-refractivity contribution in [3.05, 3.63) is 52.2 Å². The fraction of sp³-hybridized carbons (Fsp3) is 0.476. The lowest BCUT2D eigenvalue weighted by atomic mass is 10.1. The molecule has 0 aliphatic heterocycles. The molecule has 0 spiro atoms. The van der Waals surface area contributed by atoms with Crippen LogP contribution in [0.4, 0.5) is 0 Å². The zero-order chi connectivity index (χ0) is 19.5. The molecule has 6 heteroatoms. The molecule has 0 fully saturated rings. The molecule has 1 aromatic heterocycles. The Morgan fingerprint density at radius 2 is 2.00 bits per heavy atom. The van der Waals surface area contributed by atoms with Gasteiger partial charge >= 0.3 is 0 Å². The van der Waals surface area contributed by atoms with Crippen molar-refractivity contribution in [2.45, 2.75) is 19.9 Å². The summed E-state index contributed by atoms with van der Waals surface area (Å²) in [5.41, 5.74) is 1.13. The van der Waals surface area contributed by atoms with Gasteiger partial charge in [-0.1, -0.05) is 31.2 Å². The van der Waals surface area contributed by atoms with Gasteiger partial charge in [-0.05, 0) is 43.9 Å². The van der Waals surface area contributed by atoms with E-state index < -0.39 is 0 Å². The number of para-hydroxylation sites is 1. The molecule has 0 saturated heterocycles. The number of thiophene rings is 1. The van der Waals surface area contributed by atoms with E-state index in [9.17, 15) is 0 Å². The summed E-state index contributed by atoms with van der Waals surface area (Å²) in [5, 5.41) is 8.95. The number of likely N-dealkylation sites (N-methyl/N-ethyl adjacent to an activating group) is 1. The number of nitrogens with zero attached hydrogens (tertiary/aromatic N) is 2. The van der Waals surface area contributed by atoms with Crippen molar-refractivity contribution in [3.8, 4) is 5.75 Å². The standard InChI is InChI=1S/C21H32N4OS/c1-17(14-19-9-7-13-27-19)15-23-21(22-2)24-16-18-8-5-6-10-20(18)26-12-11-25(3)4/h5-10,13,17H,11-12,14-16H2,1-4H3,(H2,22,23,24). The van der Waals surface area contributed by atoms with Crippen LogP contribution in [-0.2, 0) is 13.0 Å². The predicted molar refractivity (Wildman–Crippen MR) is 116 cm³/mol. The van der Waals surface area contributed by atoms with Gasteiger partial charge in [0.2, 0.25) is 0 Å². The largest absolute Gasteiger partial charge is 0.492 e. The Kier molecular flexibility index (Phi) is 9.15. The van der Waals surface area contributed by atoms with Crippen molar-refractivity contribution in [2.24, 2.45) is 10.9 Å². The van der Waals surface area contributed by atoms with Gasteiger partial charge in [0, 0.05) is 37.1 Å². The van der Waals surface area contributed by atoms with Crippen LogP contribution in [-0.4, -0.2) is 51.7 Å². The molecule has 27 heavy (non-hydrogen) atoms. The molecule has 1 unspecified atom stereocenters. The van der Waals surface area contributed by atoms with Crippen LogP contribution in [0.1, 0.15) is 17.4 Å². The molecule has 1 heterocycles. The van der Waals surface area contributed by atoms with E-state index in [2.05, 4.69) is 51.0 Å². The Morgan fingerprint density at radius 3 is 2.70 bits per heavy atom. The highest BCUT2D eigenvalue weighted by molar-refractivity contribution is 7.09. The second-order valence-corrected chi connectivity index (χ2v) is 7.99. The van der Waals surface area contributed by atoms with E-state index in [0.717, 1.165) is 36.8 Å². The van der Waals surface area contributed by atoms with Gasteiger partial charge in [-0.15, -0.1) is 11.3 Å². The van der Waals surface area contributed by atoms with Crippen molar-refractivity contribution in [3.63, 3.8) is 0 Å². The summed E-state index contributed by atoms with van der Waals surface area (Å²) in [6.07, 6.45) is 1.09. The maximum Gasteiger partial charge on any atom is 0.191 e. The fourth-order valence-electron chi connectivity index (χ4n) is 2.64. The Labute approximate surface area is 167 Å². The van der Waals surface area contributed by atoms with E-state index in [1.807, 2.05) is 43.6 Å². The average molecular weight is 389 g/mol. The first-order chi connectivity index (χ1) is 13.1. The first kappa shape index (κ1) is 21.3. The average Bonchev–Trinajstić information content (AvgIpc) is 3.15. The molecule has 1 aromatic carbocycles. The number of nitrogens with one attached hydrogen (secondary N) is 2. The van der Waals surface area contributed by atoms with Crippen LogP contribution in [0.25, 0.3) is 0 Å². The smallest absolute Gasteiger partial charge is 0.191 e. The lowest BCUT2D eigenvalue weighted by Gasteiger charge is -2.17. The molecule has 0 radical (unpaired) electrons. The SMILES string of the molecule is CN=C(NCc1ccccc1OCCN(C)C)NCC(C)Cc1cccs1. The van der Waals surface area contributed by atoms with Crippen LogP contribution < -0.4 is 15.4 Å². The lowest BCUT2D eigenvalue weighted by Crippen LogP contribution is -2.39. The van der Waals surface area contributed by atoms with Gasteiger partial charge in [-0.3, -0.25) is 4.99 Å². The van der Waals surface area contributed by atoms with Crippen molar-refractivity contribution in [1.29, 1.82) is 0 Å². The molecule has 2 N–H and O–H groups in total. The summed E-state index contributed by atoms with van der Waals surface area (Å²) >= 11 is 1.82.